The topological polar surface area (TPSA) is 50.4 Å². The summed E-state index contributed by atoms with van der Waals surface area (Å²) in [6.45, 7) is 15.8. The molecule has 2 N–H and O–H groups in total. The minimum Gasteiger partial charge on any atom is -0.422 e. The molecule has 1 aromatic carbocycles. The van der Waals surface area contributed by atoms with Gasteiger partial charge in [0.25, 0.3) is 0 Å². The van der Waals surface area contributed by atoms with Crippen LogP contribution < -0.4 is 14.7 Å². The van der Waals surface area contributed by atoms with Gasteiger partial charge < -0.3 is 4.52 Å². The van der Waals surface area contributed by atoms with Crippen LogP contribution in [0.2, 0.25) is 0 Å². The van der Waals surface area contributed by atoms with Crippen molar-refractivity contribution in [3.05, 3.63) is 55.6 Å². The first kappa shape index (κ1) is 19.7. The molecule has 0 fully saturated rings. The molecule has 0 radical (unpaired) electrons. The second-order valence-electron chi connectivity index (χ2n) is 6.23. The summed E-state index contributed by atoms with van der Waals surface area (Å²) < 4.78 is 19.2. The summed E-state index contributed by atoms with van der Waals surface area (Å²) in [5, 5.41) is 6.21. The zero-order valence-corrected chi connectivity index (χ0v) is 15.4. The molecule has 5 heteroatoms. The van der Waals surface area contributed by atoms with Crippen LogP contribution in [0, 0.1) is 11.8 Å². The van der Waals surface area contributed by atoms with Crippen LogP contribution in [0.3, 0.4) is 0 Å². The molecule has 0 aliphatic carbocycles. The largest absolute Gasteiger partial charge is 0.422 e. The number of nitrogens with one attached hydrogen (secondary N) is 2. The highest BCUT2D eigenvalue weighted by Crippen LogP contribution is 2.41. The monoisotopic (exact) mass is 336 g/mol. The highest BCUT2D eigenvalue weighted by molar-refractivity contribution is 7.55. The molecule has 2 atom stereocenters. The molecule has 0 heterocycles. The van der Waals surface area contributed by atoms with Crippen LogP contribution in [0.5, 0.6) is 5.75 Å². The van der Waals surface area contributed by atoms with Gasteiger partial charge >= 0.3 is 7.67 Å². The van der Waals surface area contributed by atoms with Gasteiger partial charge in [-0.3, -0.25) is 0 Å². The molecule has 0 aromatic heterocycles. The van der Waals surface area contributed by atoms with Gasteiger partial charge in [-0.1, -0.05) is 58.0 Å². The van der Waals surface area contributed by atoms with E-state index < -0.39 is 7.67 Å². The predicted molar refractivity (Wildman–Crippen MR) is 98.6 cm³/mol. The maximum Gasteiger partial charge on any atom is 0.391 e. The highest BCUT2D eigenvalue weighted by Gasteiger charge is 2.31. The lowest BCUT2D eigenvalue weighted by molar-refractivity contribution is 0.407. The SMILES string of the molecule is C=CC(NP(=O)(NC(C=C)C(C)C)Oc1ccccc1)C(C)C. The van der Waals surface area contributed by atoms with E-state index in [1.807, 2.05) is 45.9 Å². The molecule has 0 aliphatic rings. The van der Waals surface area contributed by atoms with E-state index in [9.17, 15) is 4.57 Å². The van der Waals surface area contributed by atoms with Gasteiger partial charge in [-0.15, -0.1) is 13.2 Å². The number of para-hydroxylation sites is 1. The minimum absolute atomic E-state index is 0.130. The van der Waals surface area contributed by atoms with Crippen LogP contribution in [0.4, 0.5) is 0 Å². The van der Waals surface area contributed by atoms with Gasteiger partial charge in [-0.05, 0) is 24.0 Å². The molecular weight excluding hydrogens is 307 g/mol. The second-order valence-corrected chi connectivity index (χ2v) is 8.03. The Bertz CT molecular complexity index is 517. The normalized spacial score (nSPS) is 16.6. The molecule has 0 aliphatic heterocycles. The van der Waals surface area contributed by atoms with E-state index in [1.54, 1.807) is 24.3 Å². The van der Waals surface area contributed by atoms with Crippen molar-refractivity contribution in [1.29, 1.82) is 0 Å². The van der Waals surface area contributed by atoms with E-state index >= 15 is 0 Å². The Labute approximate surface area is 140 Å². The summed E-state index contributed by atoms with van der Waals surface area (Å²) in [6.07, 6.45) is 3.51. The molecule has 128 valence electrons. The molecule has 4 nitrogen and oxygen atoms in total. The fourth-order valence-corrected chi connectivity index (χ4v) is 4.25. The first-order chi connectivity index (χ1) is 10.8. The fourth-order valence-electron chi connectivity index (χ4n) is 2.06. The Morgan fingerprint density at radius 2 is 1.39 bits per heavy atom. The zero-order valence-electron chi connectivity index (χ0n) is 14.5. The van der Waals surface area contributed by atoms with Crippen molar-refractivity contribution < 1.29 is 9.09 Å². The van der Waals surface area contributed by atoms with Gasteiger partial charge in [0.15, 0.2) is 0 Å². The van der Waals surface area contributed by atoms with E-state index in [0.717, 1.165) is 0 Å². The van der Waals surface area contributed by atoms with Crippen molar-refractivity contribution in [3.63, 3.8) is 0 Å². The predicted octanol–water partition coefficient (Wildman–Crippen LogP) is 4.77. The smallest absolute Gasteiger partial charge is 0.391 e. The molecule has 1 aromatic rings. The Balaban J connectivity index is 3.05. The molecule has 1 rings (SSSR count). The lowest BCUT2D eigenvalue weighted by atomic mass is 10.1. The van der Waals surface area contributed by atoms with Gasteiger partial charge in [0.1, 0.15) is 5.75 Å². The fraction of sp³-hybridized carbons (Fsp3) is 0.444. The standard InChI is InChI=1S/C18H29N2O2P/c1-7-17(14(3)4)19-23(21,20-18(8-2)15(5)6)22-16-12-10-9-11-13-16/h7-15,17-18H,1-2H2,3-6H3,(H2,19,20,21). The molecule has 23 heavy (non-hydrogen) atoms. The summed E-state index contributed by atoms with van der Waals surface area (Å²) >= 11 is 0. The maximum atomic E-state index is 13.4. The lowest BCUT2D eigenvalue weighted by Gasteiger charge is -2.30. The Morgan fingerprint density at radius 3 is 1.74 bits per heavy atom. The summed E-state index contributed by atoms with van der Waals surface area (Å²) in [6, 6.07) is 8.89. The number of hydrogen-bond acceptors (Lipinski definition) is 2. The first-order valence-electron chi connectivity index (χ1n) is 7.96. The van der Waals surface area contributed by atoms with Crippen molar-refractivity contribution in [2.45, 2.75) is 39.8 Å². The van der Waals surface area contributed by atoms with E-state index in [0.29, 0.717) is 5.75 Å². The van der Waals surface area contributed by atoms with Crippen molar-refractivity contribution in [2.24, 2.45) is 11.8 Å². The van der Waals surface area contributed by atoms with Crippen molar-refractivity contribution in [3.8, 4) is 5.75 Å². The minimum atomic E-state index is -3.34. The average Bonchev–Trinajstić information content (AvgIpc) is 2.51. The van der Waals surface area contributed by atoms with Gasteiger partial charge in [-0.25, -0.2) is 14.7 Å². The Kier molecular flexibility index (Phi) is 7.77. The zero-order chi connectivity index (χ0) is 17.5. The maximum absolute atomic E-state index is 13.4. The molecule has 0 saturated carbocycles. The lowest BCUT2D eigenvalue weighted by Crippen LogP contribution is -2.40. The van der Waals surface area contributed by atoms with E-state index in [-0.39, 0.29) is 23.9 Å². The van der Waals surface area contributed by atoms with E-state index in [2.05, 4.69) is 23.3 Å². The second kappa shape index (κ2) is 9.07. The average molecular weight is 336 g/mol. The van der Waals surface area contributed by atoms with Crippen LogP contribution in [0.15, 0.2) is 55.6 Å². The van der Waals surface area contributed by atoms with Crippen LogP contribution >= 0.6 is 7.67 Å². The molecule has 0 amide bonds. The van der Waals surface area contributed by atoms with E-state index in [1.165, 1.54) is 0 Å². The van der Waals surface area contributed by atoms with E-state index in [4.69, 9.17) is 4.52 Å². The summed E-state index contributed by atoms with van der Waals surface area (Å²) in [5.41, 5.74) is 0. The van der Waals surface area contributed by atoms with Crippen LogP contribution in [0.25, 0.3) is 0 Å². The van der Waals surface area contributed by atoms with Crippen LogP contribution in [-0.4, -0.2) is 12.1 Å². The molecule has 0 saturated heterocycles. The molecule has 2 unspecified atom stereocenters. The van der Waals surface area contributed by atoms with Crippen molar-refractivity contribution in [2.75, 3.05) is 0 Å². The number of benzene rings is 1. The highest BCUT2D eigenvalue weighted by atomic mass is 31.2. The van der Waals surface area contributed by atoms with Gasteiger partial charge in [0, 0.05) is 12.1 Å². The van der Waals surface area contributed by atoms with Gasteiger partial charge in [0.2, 0.25) is 0 Å². The third-order valence-electron chi connectivity index (χ3n) is 3.56. The third kappa shape index (κ3) is 6.34. The summed E-state index contributed by atoms with van der Waals surface area (Å²) in [7, 11) is -3.34. The number of rotatable bonds is 10. The van der Waals surface area contributed by atoms with Crippen molar-refractivity contribution in [1.82, 2.24) is 10.2 Å². The van der Waals surface area contributed by atoms with Gasteiger partial charge in [0.05, 0.1) is 0 Å². The number of hydrogen-bond donors (Lipinski definition) is 2. The Hall–Kier alpha value is -1.35. The molecular formula is C18H29N2O2P. The van der Waals surface area contributed by atoms with Gasteiger partial charge in [-0.2, -0.15) is 0 Å². The van der Waals surface area contributed by atoms with Crippen LogP contribution in [-0.2, 0) is 4.57 Å². The summed E-state index contributed by atoms with van der Waals surface area (Å²) in [4.78, 5) is 0. The molecule has 0 spiro atoms. The van der Waals surface area contributed by atoms with Crippen LogP contribution in [0.1, 0.15) is 27.7 Å². The first-order valence-corrected chi connectivity index (χ1v) is 9.59. The third-order valence-corrected chi connectivity index (χ3v) is 5.30. The Morgan fingerprint density at radius 1 is 0.957 bits per heavy atom. The molecule has 0 bridgehead atoms. The quantitative estimate of drug-likeness (QED) is 0.477. The van der Waals surface area contributed by atoms with Crippen molar-refractivity contribution >= 4 is 7.67 Å². The summed E-state index contributed by atoms with van der Waals surface area (Å²) in [5.74, 6) is 1.03.